The van der Waals surface area contributed by atoms with Gasteiger partial charge in [-0.25, -0.2) is 4.68 Å². The number of carbonyl (C=O) groups is 1. The predicted octanol–water partition coefficient (Wildman–Crippen LogP) is 3.99. The molecular formula is C21H29N3O3. The van der Waals surface area contributed by atoms with Crippen LogP contribution < -0.4 is 14.4 Å². The van der Waals surface area contributed by atoms with Crippen molar-refractivity contribution in [1.82, 2.24) is 9.78 Å². The van der Waals surface area contributed by atoms with Gasteiger partial charge < -0.3 is 9.47 Å². The minimum absolute atomic E-state index is 0.425. The smallest absolute Gasteiger partial charge is 0.215 e. The highest BCUT2D eigenvalue weighted by Crippen LogP contribution is 2.40. The Hall–Kier alpha value is -2.50. The Morgan fingerprint density at radius 3 is 2.63 bits per heavy atom. The summed E-state index contributed by atoms with van der Waals surface area (Å²) in [5, 5.41) is 4.79. The zero-order valence-corrected chi connectivity index (χ0v) is 16.6. The first-order valence-electron chi connectivity index (χ1n) is 9.56. The summed E-state index contributed by atoms with van der Waals surface area (Å²) in [6.07, 6.45) is 4.28. The highest BCUT2D eigenvalue weighted by Gasteiger charge is 2.28. The van der Waals surface area contributed by atoms with Crippen LogP contribution >= 0.6 is 0 Å². The third kappa shape index (κ3) is 4.62. The molecule has 0 atom stereocenters. The zero-order valence-electron chi connectivity index (χ0n) is 16.6. The SMILES string of the molecule is COc1ccc(CN(C=O)c2cc(C3CC3)nn2CCC(C)C)c(OC)c1. The van der Waals surface area contributed by atoms with Gasteiger partial charge in [0.25, 0.3) is 0 Å². The maximum atomic E-state index is 11.9. The number of benzene rings is 1. The summed E-state index contributed by atoms with van der Waals surface area (Å²) in [5.74, 6) is 3.42. The maximum absolute atomic E-state index is 11.9. The molecule has 1 amide bonds. The first-order valence-corrected chi connectivity index (χ1v) is 9.56. The number of anilines is 1. The average Bonchev–Trinajstić information content (AvgIpc) is 3.44. The fraction of sp³-hybridized carbons (Fsp3) is 0.524. The number of aryl methyl sites for hydroxylation is 1. The predicted molar refractivity (Wildman–Crippen MR) is 105 cm³/mol. The van der Waals surface area contributed by atoms with Gasteiger partial charge in [-0.15, -0.1) is 0 Å². The number of carbonyl (C=O) groups excluding carboxylic acids is 1. The number of rotatable bonds is 10. The van der Waals surface area contributed by atoms with Crippen LogP contribution in [0.3, 0.4) is 0 Å². The highest BCUT2D eigenvalue weighted by molar-refractivity contribution is 5.73. The fourth-order valence-electron chi connectivity index (χ4n) is 3.12. The molecule has 6 heteroatoms. The lowest BCUT2D eigenvalue weighted by atomic mass is 10.1. The van der Waals surface area contributed by atoms with E-state index in [9.17, 15) is 4.79 Å². The van der Waals surface area contributed by atoms with Crippen molar-refractivity contribution in [2.45, 2.75) is 52.1 Å². The molecule has 2 aromatic rings. The van der Waals surface area contributed by atoms with Crippen molar-refractivity contribution in [3.8, 4) is 11.5 Å². The molecule has 0 aliphatic heterocycles. The van der Waals surface area contributed by atoms with E-state index >= 15 is 0 Å². The van der Waals surface area contributed by atoms with Crippen molar-refractivity contribution in [3.05, 3.63) is 35.5 Å². The molecule has 1 saturated carbocycles. The lowest BCUT2D eigenvalue weighted by molar-refractivity contribution is -0.107. The summed E-state index contributed by atoms with van der Waals surface area (Å²) in [4.78, 5) is 13.6. The van der Waals surface area contributed by atoms with Crippen LogP contribution in [0, 0.1) is 5.92 Å². The summed E-state index contributed by atoms with van der Waals surface area (Å²) in [6.45, 7) is 5.63. The summed E-state index contributed by atoms with van der Waals surface area (Å²) < 4.78 is 12.7. The molecule has 1 heterocycles. The Balaban J connectivity index is 1.87. The molecule has 1 aliphatic rings. The average molecular weight is 371 g/mol. The van der Waals surface area contributed by atoms with E-state index in [-0.39, 0.29) is 0 Å². The van der Waals surface area contributed by atoms with E-state index in [0.29, 0.717) is 24.1 Å². The molecule has 0 saturated heterocycles. The molecule has 3 rings (SSSR count). The van der Waals surface area contributed by atoms with Gasteiger partial charge in [0.1, 0.15) is 17.3 Å². The van der Waals surface area contributed by atoms with Gasteiger partial charge in [0, 0.05) is 30.2 Å². The maximum Gasteiger partial charge on any atom is 0.215 e. The topological polar surface area (TPSA) is 56.6 Å². The van der Waals surface area contributed by atoms with E-state index in [1.165, 1.54) is 12.8 Å². The van der Waals surface area contributed by atoms with Crippen molar-refractivity contribution in [2.75, 3.05) is 19.1 Å². The fourth-order valence-corrected chi connectivity index (χ4v) is 3.12. The summed E-state index contributed by atoms with van der Waals surface area (Å²) in [7, 11) is 3.25. The molecule has 0 bridgehead atoms. The van der Waals surface area contributed by atoms with E-state index in [1.54, 1.807) is 19.1 Å². The van der Waals surface area contributed by atoms with Crippen molar-refractivity contribution < 1.29 is 14.3 Å². The Labute approximate surface area is 161 Å². The number of hydrogen-bond donors (Lipinski definition) is 0. The van der Waals surface area contributed by atoms with Crippen LogP contribution in [0.4, 0.5) is 5.82 Å². The monoisotopic (exact) mass is 371 g/mol. The number of aromatic nitrogens is 2. The number of hydrogen-bond acceptors (Lipinski definition) is 4. The van der Waals surface area contributed by atoms with Crippen LogP contribution in [0.1, 0.15) is 50.3 Å². The minimum Gasteiger partial charge on any atom is -0.497 e. The normalized spacial score (nSPS) is 13.7. The molecule has 0 spiro atoms. The Bertz CT molecular complexity index is 781. The molecule has 1 fully saturated rings. The first kappa shape index (κ1) is 19.3. The first-order chi connectivity index (χ1) is 13.0. The zero-order chi connectivity index (χ0) is 19.4. The largest absolute Gasteiger partial charge is 0.497 e. The third-order valence-corrected chi connectivity index (χ3v) is 4.95. The molecule has 27 heavy (non-hydrogen) atoms. The van der Waals surface area contributed by atoms with Crippen LogP contribution in [-0.2, 0) is 17.9 Å². The summed E-state index contributed by atoms with van der Waals surface area (Å²) in [5.41, 5.74) is 2.03. The second-order valence-electron chi connectivity index (χ2n) is 7.52. The van der Waals surface area contributed by atoms with E-state index in [0.717, 1.165) is 42.2 Å². The van der Waals surface area contributed by atoms with Gasteiger partial charge in [-0.2, -0.15) is 5.10 Å². The van der Waals surface area contributed by atoms with Gasteiger partial charge in [-0.05, 0) is 37.3 Å². The van der Waals surface area contributed by atoms with Gasteiger partial charge in [-0.1, -0.05) is 13.8 Å². The molecule has 6 nitrogen and oxygen atoms in total. The second-order valence-corrected chi connectivity index (χ2v) is 7.52. The summed E-state index contributed by atoms with van der Waals surface area (Å²) in [6, 6.07) is 7.73. The molecule has 0 radical (unpaired) electrons. The Morgan fingerprint density at radius 2 is 2.04 bits per heavy atom. The second kappa shape index (κ2) is 8.46. The van der Waals surface area contributed by atoms with Gasteiger partial charge in [0.2, 0.25) is 6.41 Å². The lowest BCUT2D eigenvalue weighted by Crippen LogP contribution is -2.24. The van der Waals surface area contributed by atoms with Gasteiger partial charge >= 0.3 is 0 Å². The molecule has 146 valence electrons. The van der Waals surface area contributed by atoms with Crippen LogP contribution in [0.15, 0.2) is 24.3 Å². The number of methoxy groups -OCH3 is 2. The molecule has 1 aromatic carbocycles. The third-order valence-electron chi connectivity index (χ3n) is 4.95. The van der Waals surface area contributed by atoms with Crippen molar-refractivity contribution in [1.29, 1.82) is 0 Å². The van der Waals surface area contributed by atoms with Crippen LogP contribution in [-0.4, -0.2) is 30.4 Å². The number of ether oxygens (including phenoxy) is 2. The Morgan fingerprint density at radius 1 is 1.26 bits per heavy atom. The molecule has 1 aromatic heterocycles. The van der Waals surface area contributed by atoms with Crippen LogP contribution in [0.25, 0.3) is 0 Å². The van der Waals surface area contributed by atoms with E-state index in [1.807, 2.05) is 22.9 Å². The summed E-state index contributed by atoms with van der Waals surface area (Å²) >= 11 is 0. The van der Waals surface area contributed by atoms with Gasteiger partial charge in [-0.3, -0.25) is 9.69 Å². The molecular weight excluding hydrogens is 342 g/mol. The van der Waals surface area contributed by atoms with E-state index < -0.39 is 0 Å². The van der Waals surface area contributed by atoms with Crippen molar-refractivity contribution in [2.24, 2.45) is 5.92 Å². The van der Waals surface area contributed by atoms with Crippen LogP contribution in [0.2, 0.25) is 0 Å². The van der Waals surface area contributed by atoms with Crippen molar-refractivity contribution in [3.63, 3.8) is 0 Å². The molecule has 1 aliphatic carbocycles. The van der Waals surface area contributed by atoms with Crippen LogP contribution in [0.5, 0.6) is 11.5 Å². The van der Waals surface area contributed by atoms with E-state index in [4.69, 9.17) is 14.6 Å². The lowest BCUT2D eigenvalue weighted by Gasteiger charge is -2.20. The Kier molecular flexibility index (Phi) is 6.04. The minimum atomic E-state index is 0.425. The van der Waals surface area contributed by atoms with Crippen molar-refractivity contribution >= 4 is 12.2 Å². The van der Waals surface area contributed by atoms with E-state index in [2.05, 4.69) is 19.9 Å². The van der Waals surface area contributed by atoms with Gasteiger partial charge in [0.15, 0.2) is 0 Å². The quantitative estimate of drug-likeness (QED) is 0.593. The standard InChI is InChI=1S/C21H29N3O3/c1-15(2)9-10-24-21(12-19(22-24)16-5-6-16)23(14-25)13-17-7-8-18(26-3)11-20(17)27-4/h7-8,11-12,14-16H,5-6,9-10,13H2,1-4H3. The molecule has 0 unspecified atom stereocenters. The number of nitrogens with zero attached hydrogens (tertiary/aromatic N) is 3. The molecule has 0 N–H and O–H groups in total. The number of amides is 1. The van der Waals surface area contributed by atoms with Gasteiger partial charge in [0.05, 0.1) is 26.5 Å². The highest BCUT2D eigenvalue weighted by atomic mass is 16.5.